The van der Waals surface area contributed by atoms with E-state index in [1.165, 1.54) is 0 Å². The first-order valence-corrected chi connectivity index (χ1v) is 11.9. The predicted octanol–water partition coefficient (Wildman–Crippen LogP) is 4.56. The Balaban J connectivity index is 3.38. The second kappa shape index (κ2) is 12.5. The molecule has 0 aromatic heterocycles. The van der Waals surface area contributed by atoms with Crippen molar-refractivity contribution in [3.63, 3.8) is 0 Å². The highest BCUT2D eigenvalue weighted by Gasteiger charge is 2.40. The summed E-state index contributed by atoms with van der Waals surface area (Å²) in [6.45, 7) is 14.7. The minimum absolute atomic E-state index is 0.0495. The fraction of sp³-hybridized carbons (Fsp3) is 0.593. The number of carbonyl (C=O) groups excluding carboxylic acids is 3. The van der Waals surface area contributed by atoms with Crippen molar-refractivity contribution in [1.82, 2.24) is 15.5 Å². The van der Waals surface area contributed by atoms with Crippen LogP contribution in [0.15, 0.2) is 24.3 Å². The monoisotopic (exact) mass is 471 g/mol. The number of rotatable bonds is 10. The Labute approximate surface area is 205 Å². The summed E-state index contributed by atoms with van der Waals surface area (Å²) in [5.41, 5.74) is -0.0339. The summed E-state index contributed by atoms with van der Waals surface area (Å²) in [5.74, 6) is 1.91. The summed E-state index contributed by atoms with van der Waals surface area (Å²) in [6.07, 6.45) is 7.15. The molecular weight excluding hydrogens is 430 g/mol. The van der Waals surface area contributed by atoms with Crippen LogP contribution in [0.4, 0.5) is 4.79 Å². The van der Waals surface area contributed by atoms with Gasteiger partial charge in [0, 0.05) is 17.1 Å². The van der Waals surface area contributed by atoms with Crippen LogP contribution >= 0.6 is 0 Å². The molecule has 34 heavy (non-hydrogen) atoms. The number of hydrogen-bond acceptors (Lipinski definition) is 4. The largest absolute Gasteiger partial charge is 0.444 e. The van der Waals surface area contributed by atoms with E-state index in [9.17, 15) is 14.4 Å². The van der Waals surface area contributed by atoms with Crippen molar-refractivity contribution in [2.45, 2.75) is 97.9 Å². The lowest BCUT2D eigenvalue weighted by atomic mass is 9.92. The molecule has 0 spiro atoms. The Morgan fingerprint density at radius 3 is 2.15 bits per heavy atom. The van der Waals surface area contributed by atoms with Crippen LogP contribution in [-0.2, 0) is 14.3 Å². The number of ether oxygens (including phenoxy) is 1. The zero-order valence-corrected chi connectivity index (χ0v) is 22.0. The minimum atomic E-state index is -0.894. The third-order valence-corrected chi connectivity index (χ3v) is 5.58. The molecule has 188 valence electrons. The van der Waals surface area contributed by atoms with E-state index in [-0.39, 0.29) is 24.4 Å². The van der Waals surface area contributed by atoms with Gasteiger partial charge < -0.3 is 20.3 Å². The first-order chi connectivity index (χ1) is 15.8. The number of nitrogens with one attached hydrogen (secondary N) is 2. The van der Waals surface area contributed by atoms with Crippen molar-refractivity contribution in [3.8, 4) is 12.3 Å². The first kappa shape index (κ1) is 29.0. The molecule has 1 rings (SSSR count). The number of terminal acetylenes is 1. The summed E-state index contributed by atoms with van der Waals surface area (Å²) in [4.78, 5) is 40.8. The molecule has 1 aromatic carbocycles. The summed E-state index contributed by atoms with van der Waals surface area (Å²) >= 11 is 0. The van der Waals surface area contributed by atoms with E-state index in [1.54, 1.807) is 49.9 Å². The van der Waals surface area contributed by atoms with Gasteiger partial charge in [-0.2, -0.15) is 0 Å². The van der Waals surface area contributed by atoms with Crippen molar-refractivity contribution < 1.29 is 19.1 Å². The molecule has 0 saturated carbocycles. The van der Waals surface area contributed by atoms with Gasteiger partial charge in [-0.15, -0.1) is 6.42 Å². The van der Waals surface area contributed by atoms with Gasteiger partial charge in [-0.3, -0.25) is 9.59 Å². The molecule has 2 atom stereocenters. The lowest BCUT2D eigenvalue weighted by Gasteiger charge is -2.43. The molecule has 0 bridgehead atoms. The van der Waals surface area contributed by atoms with Gasteiger partial charge in [0.1, 0.15) is 18.2 Å². The van der Waals surface area contributed by atoms with E-state index < -0.39 is 23.3 Å². The molecule has 0 aliphatic heterocycles. The predicted molar refractivity (Wildman–Crippen MR) is 135 cm³/mol. The average Bonchev–Trinajstić information content (AvgIpc) is 2.74. The smallest absolute Gasteiger partial charge is 0.408 e. The highest BCUT2D eigenvalue weighted by Crippen LogP contribution is 2.31. The summed E-state index contributed by atoms with van der Waals surface area (Å²) in [7, 11) is 0. The van der Waals surface area contributed by atoms with Crippen LogP contribution in [-0.4, -0.2) is 46.5 Å². The van der Waals surface area contributed by atoms with Gasteiger partial charge in [-0.05, 0) is 72.1 Å². The van der Waals surface area contributed by atoms with Gasteiger partial charge in [0.25, 0.3) is 0 Å². The fourth-order valence-electron chi connectivity index (χ4n) is 3.55. The molecule has 0 fully saturated rings. The van der Waals surface area contributed by atoms with Crippen molar-refractivity contribution in [3.05, 3.63) is 35.4 Å². The Bertz CT molecular complexity index is 879. The van der Waals surface area contributed by atoms with Crippen molar-refractivity contribution in [2.24, 2.45) is 0 Å². The Morgan fingerprint density at radius 1 is 1.09 bits per heavy atom. The number of amides is 3. The van der Waals surface area contributed by atoms with Crippen LogP contribution in [0.25, 0.3) is 0 Å². The zero-order valence-electron chi connectivity index (χ0n) is 22.0. The molecule has 0 radical (unpaired) electrons. The molecule has 2 unspecified atom stereocenters. The highest BCUT2D eigenvalue weighted by atomic mass is 16.6. The highest BCUT2D eigenvalue weighted by molar-refractivity contribution is 5.91. The van der Waals surface area contributed by atoms with E-state index in [4.69, 9.17) is 11.2 Å². The Hall–Kier alpha value is -3.01. The summed E-state index contributed by atoms with van der Waals surface area (Å²) in [6, 6.07) is 6.12. The molecule has 1 aromatic rings. The third kappa shape index (κ3) is 8.74. The quantitative estimate of drug-likeness (QED) is 0.490. The summed E-state index contributed by atoms with van der Waals surface area (Å²) < 4.78 is 5.26. The van der Waals surface area contributed by atoms with Crippen LogP contribution in [0.1, 0.15) is 91.8 Å². The van der Waals surface area contributed by atoms with Crippen LogP contribution in [0.2, 0.25) is 0 Å². The van der Waals surface area contributed by atoms with E-state index in [1.807, 2.05) is 27.7 Å². The van der Waals surface area contributed by atoms with E-state index in [0.717, 1.165) is 12.8 Å². The number of hydrogen-bond donors (Lipinski definition) is 2. The average molecular weight is 472 g/mol. The number of alkyl carbamates (subject to hydrolysis) is 1. The lowest BCUT2D eigenvalue weighted by Crippen LogP contribution is -2.56. The molecule has 0 heterocycles. The maximum atomic E-state index is 13.6. The van der Waals surface area contributed by atoms with Crippen molar-refractivity contribution in [1.29, 1.82) is 0 Å². The topological polar surface area (TPSA) is 87.7 Å². The molecule has 7 nitrogen and oxygen atoms in total. The van der Waals surface area contributed by atoms with Crippen molar-refractivity contribution in [2.75, 3.05) is 6.54 Å². The molecule has 0 saturated heterocycles. The van der Waals surface area contributed by atoms with Crippen LogP contribution < -0.4 is 10.6 Å². The Morgan fingerprint density at radius 2 is 1.68 bits per heavy atom. The van der Waals surface area contributed by atoms with Gasteiger partial charge in [0.05, 0.1) is 0 Å². The SMILES string of the molecule is C#Cc1ccc(C(C(=O)NC(C)CCC)N(C(=O)CNC(=O)OC(C)(C)C)C(C)(C)CC)cc1. The fourth-order valence-corrected chi connectivity index (χ4v) is 3.55. The van der Waals surface area contributed by atoms with E-state index in [0.29, 0.717) is 17.5 Å². The van der Waals surface area contributed by atoms with Crippen LogP contribution in [0.5, 0.6) is 0 Å². The zero-order chi connectivity index (χ0) is 26.1. The molecule has 2 N–H and O–H groups in total. The second-order valence-electron chi connectivity index (χ2n) is 10.2. The molecular formula is C27H41N3O4. The van der Waals surface area contributed by atoms with Gasteiger partial charge in [0.2, 0.25) is 11.8 Å². The summed E-state index contributed by atoms with van der Waals surface area (Å²) in [5, 5.41) is 5.58. The van der Waals surface area contributed by atoms with E-state index in [2.05, 4.69) is 23.5 Å². The van der Waals surface area contributed by atoms with Crippen molar-refractivity contribution >= 4 is 17.9 Å². The molecule has 7 heteroatoms. The van der Waals surface area contributed by atoms with Gasteiger partial charge >= 0.3 is 6.09 Å². The Kier molecular flexibility index (Phi) is 10.6. The van der Waals surface area contributed by atoms with Gasteiger partial charge in [-0.25, -0.2) is 4.79 Å². The third-order valence-electron chi connectivity index (χ3n) is 5.58. The number of benzene rings is 1. The molecule has 0 aliphatic rings. The second-order valence-corrected chi connectivity index (χ2v) is 10.2. The first-order valence-electron chi connectivity index (χ1n) is 11.9. The minimum Gasteiger partial charge on any atom is -0.444 e. The van der Waals surface area contributed by atoms with Crippen LogP contribution in [0, 0.1) is 12.3 Å². The maximum absolute atomic E-state index is 13.6. The van der Waals surface area contributed by atoms with Gasteiger partial charge in [-0.1, -0.05) is 38.3 Å². The number of carbonyl (C=O) groups is 3. The molecule has 3 amide bonds. The maximum Gasteiger partial charge on any atom is 0.408 e. The lowest BCUT2D eigenvalue weighted by molar-refractivity contribution is -0.147. The standard InChI is InChI=1S/C27H41N3O4/c1-10-13-19(4)29-24(32)23(21-16-14-20(11-2)15-17-21)30(27(8,9)12-3)22(31)18-28-25(33)34-26(5,6)7/h2,14-17,19,23H,10,12-13,18H2,1,3-9H3,(H,28,33)(H,29,32). The van der Waals surface area contributed by atoms with Gasteiger partial charge in [0.15, 0.2) is 0 Å². The van der Waals surface area contributed by atoms with Crippen LogP contribution in [0.3, 0.4) is 0 Å². The number of nitrogens with zero attached hydrogens (tertiary/aromatic N) is 1. The molecule has 0 aliphatic carbocycles. The normalized spacial score (nSPS) is 13.3. The van der Waals surface area contributed by atoms with E-state index >= 15 is 0 Å².